The van der Waals surface area contributed by atoms with E-state index in [0.717, 1.165) is 0 Å². The van der Waals surface area contributed by atoms with Gasteiger partial charge in [-0.3, -0.25) is 15.1 Å². The average Bonchev–Trinajstić information content (AvgIpc) is 2.63. The number of aliphatic imine (C=N–C) groups is 1. The van der Waals surface area contributed by atoms with Crippen molar-refractivity contribution in [3.8, 4) is 5.75 Å². The lowest BCUT2D eigenvalue weighted by Gasteiger charge is -2.14. The molecule has 2 aromatic rings. The van der Waals surface area contributed by atoms with Crippen molar-refractivity contribution in [2.45, 2.75) is 19.7 Å². The molecular weight excluding hydrogens is 346 g/mol. The molecule has 7 nitrogen and oxygen atoms in total. The van der Waals surface area contributed by atoms with Gasteiger partial charge in [0.1, 0.15) is 5.75 Å². The van der Waals surface area contributed by atoms with Gasteiger partial charge in [-0.15, -0.1) is 0 Å². The van der Waals surface area contributed by atoms with Crippen molar-refractivity contribution in [3.63, 3.8) is 0 Å². The minimum Gasteiger partial charge on any atom is -0.434 e. The first-order valence-electron chi connectivity index (χ1n) is 7.70. The summed E-state index contributed by atoms with van der Waals surface area (Å²) in [5.74, 6) is 0.507. The Morgan fingerprint density at radius 3 is 2.62 bits per heavy atom. The predicted molar refractivity (Wildman–Crippen MR) is 93.2 cm³/mol. The number of para-hydroxylation sites is 1. The Morgan fingerprint density at radius 2 is 1.92 bits per heavy atom. The van der Waals surface area contributed by atoms with Crippen LogP contribution in [-0.2, 0) is 13.1 Å². The first-order chi connectivity index (χ1) is 12.5. The van der Waals surface area contributed by atoms with Crippen molar-refractivity contribution in [3.05, 3.63) is 69.8 Å². The third-order valence-corrected chi connectivity index (χ3v) is 3.44. The van der Waals surface area contributed by atoms with Crippen LogP contribution in [0.4, 0.5) is 14.5 Å². The predicted octanol–water partition coefficient (Wildman–Crippen LogP) is 3.06. The number of non-ortho nitro benzene ring substituents is 1. The van der Waals surface area contributed by atoms with Gasteiger partial charge in [0.2, 0.25) is 0 Å². The number of guanidine groups is 1. The third-order valence-electron chi connectivity index (χ3n) is 3.44. The van der Waals surface area contributed by atoms with Gasteiger partial charge in [-0.2, -0.15) is 8.78 Å². The van der Waals surface area contributed by atoms with Gasteiger partial charge in [0, 0.05) is 37.8 Å². The Hall–Kier alpha value is -3.23. The number of hydrogen-bond acceptors (Lipinski definition) is 4. The molecule has 2 rings (SSSR count). The first-order valence-corrected chi connectivity index (χ1v) is 7.70. The third kappa shape index (κ3) is 5.69. The monoisotopic (exact) mass is 364 g/mol. The maximum Gasteiger partial charge on any atom is 0.387 e. The molecule has 9 heteroatoms. The van der Waals surface area contributed by atoms with E-state index in [9.17, 15) is 18.9 Å². The molecule has 0 atom stereocenters. The molecule has 0 aliphatic heterocycles. The molecular formula is C17H18F2N4O3. The maximum atomic E-state index is 12.4. The molecule has 0 aliphatic carbocycles. The summed E-state index contributed by atoms with van der Waals surface area (Å²) < 4.78 is 29.4. The average molecular weight is 364 g/mol. The standard InChI is InChI=1S/C17H18F2N4O3/c1-20-17(21-10-12-5-4-7-14(9-12)23(24)25)22-11-13-6-2-3-8-15(13)26-16(18)19/h2-9,16H,10-11H2,1H3,(H2,20,21,22). The zero-order chi connectivity index (χ0) is 18.9. The number of halogens is 2. The van der Waals surface area contributed by atoms with E-state index in [-0.39, 0.29) is 18.0 Å². The Morgan fingerprint density at radius 1 is 1.19 bits per heavy atom. The van der Waals surface area contributed by atoms with Gasteiger partial charge in [-0.25, -0.2) is 0 Å². The number of nitro benzene ring substituents is 1. The number of nitro groups is 1. The highest BCUT2D eigenvalue weighted by atomic mass is 19.3. The van der Waals surface area contributed by atoms with Crippen LogP contribution in [0.5, 0.6) is 5.75 Å². The topological polar surface area (TPSA) is 88.8 Å². The number of alkyl halides is 2. The van der Waals surface area contributed by atoms with Gasteiger partial charge in [-0.1, -0.05) is 30.3 Å². The smallest absolute Gasteiger partial charge is 0.387 e. The van der Waals surface area contributed by atoms with Crippen molar-refractivity contribution in [1.29, 1.82) is 0 Å². The molecule has 0 aromatic heterocycles. The number of hydrogen-bond donors (Lipinski definition) is 2. The van der Waals surface area contributed by atoms with Gasteiger partial charge in [0.05, 0.1) is 4.92 Å². The van der Waals surface area contributed by atoms with E-state index in [2.05, 4.69) is 20.4 Å². The van der Waals surface area contributed by atoms with Gasteiger partial charge in [0.25, 0.3) is 5.69 Å². The first kappa shape index (κ1) is 19.1. The zero-order valence-corrected chi connectivity index (χ0v) is 14.0. The highest BCUT2D eigenvalue weighted by Crippen LogP contribution is 2.20. The molecule has 0 spiro atoms. The van der Waals surface area contributed by atoms with E-state index in [1.165, 1.54) is 18.2 Å². The Balaban J connectivity index is 1.95. The van der Waals surface area contributed by atoms with Crippen molar-refractivity contribution >= 4 is 11.6 Å². The van der Waals surface area contributed by atoms with E-state index < -0.39 is 11.5 Å². The van der Waals surface area contributed by atoms with Crippen molar-refractivity contribution in [2.75, 3.05) is 7.05 Å². The maximum absolute atomic E-state index is 12.4. The van der Waals surface area contributed by atoms with Crippen molar-refractivity contribution < 1.29 is 18.4 Å². The molecule has 0 fully saturated rings. The number of rotatable bonds is 7. The number of ether oxygens (including phenoxy) is 1. The van der Waals surface area contributed by atoms with Crippen LogP contribution < -0.4 is 15.4 Å². The summed E-state index contributed by atoms with van der Waals surface area (Å²) in [7, 11) is 1.56. The number of nitrogens with one attached hydrogen (secondary N) is 2. The minimum atomic E-state index is -2.90. The summed E-state index contributed by atoms with van der Waals surface area (Å²) in [5, 5.41) is 16.8. The highest BCUT2D eigenvalue weighted by Gasteiger charge is 2.10. The molecule has 138 valence electrons. The van der Waals surface area contributed by atoms with Gasteiger partial charge < -0.3 is 15.4 Å². The largest absolute Gasteiger partial charge is 0.434 e. The second kappa shape index (κ2) is 9.30. The zero-order valence-electron chi connectivity index (χ0n) is 14.0. The molecule has 2 aromatic carbocycles. The summed E-state index contributed by atoms with van der Waals surface area (Å²) in [6, 6.07) is 12.7. The second-order valence-corrected chi connectivity index (χ2v) is 5.19. The lowest BCUT2D eigenvalue weighted by Crippen LogP contribution is -2.36. The van der Waals surface area contributed by atoms with Crippen molar-refractivity contribution in [2.24, 2.45) is 4.99 Å². The molecule has 0 saturated heterocycles. The van der Waals surface area contributed by atoms with Crippen LogP contribution in [0.15, 0.2) is 53.5 Å². The lowest BCUT2D eigenvalue weighted by molar-refractivity contribution is -0.384. The summed E-state index contributed by atoms with van der Waals surface area (Å²) in [6.45, 7) is -2.36. The highest BCUT2D eigenvalue weighted by molar-refractivity contribution is 5.79. The SMILES string of the molecule is CN=C(NCc1cccc([N+](=O)[O-])c1)NCc1ccccc1OC(F)F. The summed E-state index contributed by atoms with van der Waals surface area (Å²) in [4.78, 5) is 14.4. The molecule has 0 saturated carbocycles. The Kier molecular flexibility index (Phi) is 6.84. The fraction of sp³-hybridized carbons (Fsp3) is 0.235. The van der Waals surface area contributed by atoms with E-state index in [1.54, 1.807) is 37.4 Å². The molecule has 0 heterocycles. The minimum absolute atomic E-state index is 0.00493. The molecule has 0 radical (unpaired) electrons. The summed E-state index contributed by atoms with van der Waals surface area (Å²) in [5.41, 5.74) is 1.26. The van der Waals surface area contributed by atoms with Crippen LogP contribution in [0.3, 0.4) is 0 Å². The van der Waals surface area contributed by atoms with Gasteiger partial charge in [-0.05, 0) is 11.6 Å². The normalized spacial score (nSPS) is 11.3. The van der Waals surface area contributed by atoms with Crippen LogP contribution in [0.1, 0.15) is 11.1 Å². The number of nitrogens with zero attached hydrogens (tertiary/aromatic N) is 2. The van der Waals surface area contributed by atoms with E-state index >= 15 is 0 Å². The van der Waals surface area contributed by atoms with E-state index in [0.29, 0.717) is 23.6 Å². The molecule has 0 amide bonds. The van der Waals surface area contributed by atoms with Gasteiger partial charge in [0.15, 0.2) is 5.96 Å². The van der Waals surface area contributed by atoms with Crippen LogP contribution in [0.2, 0.25) is 0 Å². The van der Waals surface area contributed by atoms with Crippen LogP contribution in [-0.4, -0.2) is 24.5 Å². The van der Waals surface area contributed by atoms with E-state index in [1.807, 2.05) is 0 Å². The fourth-order valence-electron chi connectivity index (χ4n) is 2.23. The van der Waals surface area contributed by atoms with Crippen LogP contribution in [0, 0.1) is 10.1 Å². The quantitative estimate of drug-likeness (QED) is 0.341. The Labute approximate surface area is 148 Å². The molecule has 0 aliphatic rings. The fourth-order valence-corrected chi connectivity index (χ4v) is 2.23. The summed E-state index contributed by atoms with van der Waals surface area (Å²) in [6.07, 6.45) is 0. The molecule has 0 bridgehead atoms. The summed E-state index contributed by atoms with van der Waals surface area (Å²) >= 11 is 0. The molecule has 26 heavy (non-hydrogen) atoms. The second-order valence-electron chi connectivity index (χ2n) is 5.19. The van der Waals surface area contributed by atoms with Crippen molar-refractivity contribution in [1.82, 2.24) is 10.6 Å². The Bertz CT molecular complexity index is 784. The number of benzene rings is 2. The lowest BCUT2D eigenvalue weighted by atomic mass is 10.2. The van der Waals surface area contributed by atoms with Crippen LogP contribution >= 0.6 is 0 Å². The molecule has 0 unspecified atom stereocenters. The van der Waals surface area contributed by atoms with Gasteiger partial charge >= 0.3 is 6.61 Å². The molecule has 2 N–H and O–H groups in total. The van der Waals surface area contributed by atoms with E-state index in [4.69, 9.17) is 0 Å². The van der Waals surface area contributed by atoms with Crippen LogP contribution in [0.25, 0.3) is 0 Å².